The molecule has 8 rings (SSSR count). The molecular weight excluding hydrogens is 755 g/mol. The first-order valence-corrected chi connectivity index (χ1v) is 21.1. The number of carbonyl (C=O) groups is 2. The lowest BCUT2D eigenvalue weighted by Crippen LogP contribution is -2.58. The summed E-state index contributed by atoms with van der Waals surface area (Å²) in [6, 6.07) is 18.3. The molecule has 2 amide bonds. The maximum Gasteiger partial charge on any atom is 0.243 e. The Labute approximate surface area is 342 Å². The number of aromatic nitrogens is 4. The van der Waals surface area contributed by atoms with Gasteiger partial charge in [0.2, 0.25) is 11.8 Å². The Bertz CT molecular complexity index is 2240. The number of nitrogens with one attached hydrogen (secondary N) is 2. The Balaban J connectivity index is 0.855. The highest BCUT2D eigenvalue weighted by molar-refractivity contribution is 7.13. The predicted octanol–water partition coefficient (Wildman–Crippen LogP) is 5.40. The van der Waals surface area contributed by atoms with E-state index in [2.05, 4.69) is 40.8 Å². The number of phenolic OH excluding ortho intramolecular Hbond substituents is 1. The number of aliphatic hydroxyl groups excluding tert-OH is 1. The number of aryl methyl sites for hydroxylation is 2. The molecule has 2 saturated heterocycles. The Kier molecular flexibility index (Phi) is 11.5. The Morgan fingerprint density at radius 2 is 1.86 bits per heavy atom. The summed E-state index contributed by atoms with van der Waals surface area (Å²) in [4.78, 5) is 39.8. The van der Waals surface area contributed by atoms with E-state index < -0.39 is 18.1 Å². The van der Waals surface area contributed by atoms with E-state index in [0.717, 1.165) is 78.0 Å². The molecule has 0 bridgehead atoms. The number of nitrogens with zero attached hydrogens (tertiary/aromatic N) is 7. The summed E-state index contributed by atoms with van der Waals surface area (Å²) in [6.07, 6.45) is 0.944. The van der Waals surface area contributed by atoms with Crippen LogP contribution in [0.2, 0.25) is 0 Å². The molecule has 1 unspecified atom stereocenters. The number of fused-ring (bicyclic) bond motifs is 3. The normalized spacial score (nSPS) is 20.3. The number of amides is 2. The van der Waals surface area contributed by atoms with Crippen molar-refractivity contribution in [2.24, 2.45) is 5.92 Å². The summed E-state index contributed by atoms with van der Waals surface area (Å²) < 4.78 is 5.83. The SMILES string of the molecule is Cc1ncsc1-c1ccc([C@H](C)NC(=O)[C@@H]2C[C@@H](O)CN2C(=O)[C@@H](c2cc(CCCN3CCN4c5cc(-c6ccccc6O)nnc5NCC4C3)no2)C(C)C)cc1. The maximum absolute atomic E-state index is 14.2. The van der Waals surface area contributed by atoms with Gasteiger partial charge in [0, 0.05) is 50.8 Å². The Hall–Kier alpha value is -5.38. The Morgan fingerprint density at radius 1 is 1.05 bits per heavy atom. The topological polar surface area (TPSA) is 173 Å². The monoisotopic (exact) mass is 805 g/mol. The molecule has 0 spiro atoms. The largest absolute Gasteiger partial charge is 0.507 e. The average Bonchev–Trinajstić information content (AvgIpc) is 3.97. The summed E-state index contributed by atoms with van der Waals surface area (Å²) in [5.74, 6) is 0.115. The molecule has 6 heterocycles. The van der Waals surface area contributed by atoms with Crippen LogP contribution in [0.3, 0.4) is 0 Å². The van der Waals surface area contributed by atoms with E-state index in [0.29, 0.717) is 23.4 Å². The van der Waals surface area contributed by atoms with Crippen LogP contribution >= 0.6 is 11.3 Å². The van der Waals surface area contributed by atoms with Gasteiger partial charge >= 0.3 is 0 Å². The summed E-state index contributed by atoms with van der Waals surface area (Å²) in [7, 11) is 0. The average molecular weight is 806 g/mol. The fourth-order valence-electron chi connectivity index (χ4n) is 8.57. The van der Waals surface area contributed by atoms with Crippen LogP contribution in [0.15, 0.2) is 70.7 Å². The molecule has 0 saturated carbocycles. The van der Waals surface area contributed by atoms with Gasteiger partial charge in [-0.15, -0.1) is 21.5 Å². The van der Waals surface area contributed by atoms with Gasteiger partial charge in [-0.2, -0.15) is 0 Å². The second kappa shape index (κ2) is 16.8. The van der Waals surface area contributed by atoms with Gasteiger partial charge in [-0.1, -0.05) is 55.4 Å². The number of benzene rings is 2. The number of thiazole rings is 1. The van der Waals surface area contributed by atoms with Gasteiger partial charge in [-0.25, -0.2) is 4.98 Å². The third-order valence-electron chi connectivity index (χ3n) is 11.7. The van der Waals surface area contributed by atoms with Crippen LogP contribution in [0, 0.1) is 12.8 Å². The molecule has 0 radical (unpaired) electrons. The first-order chi connectivity index (χ1) is 28.0. The number of anilines is 2. The molecule has 15 heteroatoms. The summed E-state index contributed by atoms with van der Waals surface area (Å²) in [5, 5.41) is 40.8. The number of phenols is 1. The standard InChI is InChI=1S/C43H51N9O5S/c1-25(2)39(43(56)52-23-32(53)19-36(52)42(55)46-26(3)28-11-13-29(14-12-28)40-27(4)45-24-58-40)38-18-30(49-57-38)8-7-15-50-16-17-51-31(22-50)21-44-41-35(51)20-34(47-48-41)33-9-5-6-10-37(33)54/h5-6,9-14,18,20,24-26,31-32,36,39,53-54H,7-8,15-17,19,21-23H2,1-4H3,(H,44,48)(H,46,55)/t26-,31?,32+,36-,39+/m0/s1. The Morgan fingerprint density at radius 3 is 2.62 bits per heavy atom. The molecule has 2 fully saturated rings. The van der Waals surface area contributed by atoms with Gasteiger partial charge < -0.3 is 35.2 Å². The smallest absolute Gasteiger partial charge is 0.243 e. The number of para-hydroxylation sites is 1. The number of aliphatic hydroxyl groups is 1. The number of rotatable bonds is 12. The second-order valence-electron chi connectivity index (χ2n) is 16.1. The number of aromatic hydroxyl groups is 1. The predicted molar refractivity (Wildman–Crippen MR) is 223 cm³/mol. The zero-order valence-electron chi connectivity index (χ0n) is 33.3. The minimum absolute atomic E-state index is 0.0823. The molecule has 4 N–H and O–H groups in total. The molecule has 5 atom stereocenters. The van der Waals surface area contributed by atoms with E-state index in [1.807, 2.05) is 81.7 Å². The number of likely N-dealkylation sites (tertiary alicyclic amines) is 1. The minimum atomic E-state index is -0.800. The van der Waals surface area contributed by atoms with Crippen LogP contribution in [-0.4, -0.2) is 110 Å². The molecular formula is C43H51N9O5S. The van der Waals surface area contributed by atoms with Crippen molar-refractivity contribution in [1.29, 1.82) is 0 Å². The van der Waals surface area contributed by atoms with Gasteiger partial charge in [0.1, 0.15) is 23.5 Å². The van der Waals surface area contributed by atoms with E-state index in [9.17, 15) is 19.8 Å². The number of β-amino-alcohol motifs (C(OH)–C–C–N with tert-alkyl or cyclic N) is 1. The third kappa shape index (κ3) is 8.16. The summed E-state index contributed by atoms with van der Waals surface area (Å²) in [6.45, 7) is 12.2. The highest BCUT2D eigenvalue weighted by Gasteiger charge is 2.43. The van der Waals surface area contributed by atoms with E-state index in [-0.39, 0.29) is 48.5 Å². The first kappa shape index (κ1) is 39.4. The number of piperazine rings is 1. The van der Waals surface area contributed by atoms with E-state index >= 15 is 0 Å². The van der Waals surface area contributed by atoms with Crippen LogP contribution < -0.4 is 15.5 Å². The highest BCUT2D eigenvalue weighted by atomic mass is 32.1. The van der Waals surface area contributed by atoms with Gasteiger partial charge in [0.05, 0.1) is 51.3 Å². The van der Waals surface area contributed by atoms with Gasteiger partial charge in [0.25, 0.3) is 0 Å². The van der Waals surface area contributed by atoms with Crippen LogP contribution in [0.5, 0.6) is 5.75 Å². The van der Waals surface area contributed by atoms with Crippen molar-refractivity contribution < 1.29 is 24.3 Å². The van der Waals surface area contributed by atoms with Crippen LogP contribution in [0.4, 0.5) is 11.5 Å². The van der Waals surface area contributed by atoms with Crippen LogP contribution in [-0.2, 0) is 16.0 Å². The molecule has 304 valence electrons. The van der Waals surface area contributed by atoms with E-state index in [4.69, 9.17) is 4.52 Å². The molecule has 3 aliphatic heterocycles. The van der Waals surface area contributed by atoms with Crippen molar-refractivity contribution in [3.8, 4) is 27.4 Å². The molecule has 3 aromatic heterocycles. The van der Waals surface area contributed by atoms with Crippen molar-refractivity contribution >= 4 is 34.7 Å². The molecule has 5 aromatic rings. The van der Waals surface area contributed by atoms with Crippen molar-refractivity contribution in [3.63, 3.8) is 0 Å². The fourth-order valence-corrected chi connectivity index (χ4v) is 9.38. The minimum Gasteiger partial charge on any atom is -0.507 e. The summed E-state index contributed by atoms with van der Waals surface area (Å²) in [5.41, 5.74) is 7.94. The van der Waals surface area contributed by atoms with E-state index in [1.54, 1.807) is 23.5 Å². The zero-order chi connectivity index (χ0) is 40.5. The zero-order valence-corrected chi connectivity index (χ0v) is 34.2. The van der Waals surface area contributed by atoms with Crippen molar-refractivity contribution in [3.05, 3.63) is 88.9 Å². The van der Waals surface area contributed by atoms with Crippen molar-refractivity contribution in [2.45, 2.75) is 77.1 Å². The van der Waals surface area contributed by atoms with Crippen molar-refractivity contribution in [1.82, 2.24) is 35.5 Å². The van der Waals surface area contributed by atoms with E-state index in [1.165, 1.54) is 4.90 Å². The lowest BCUT2D eigenvalue weighted by atomic mass is 9.91. The molecule has 0 aliphatic carbocycles. The third-order valence-corrected chi connectivity index (χ3v) is 12.7. The van der Waals surface area contributed by atoms with Crippen LogP contribution in [0.25, 0.3) is 21.7 Å². The first-order valence-electron chi connectivity index (χ1n) is 20.2. The lowest BCUT2D eigenvalue weighted by molar-refractivity contribution is -0.141. The molecule has 3 aliphatic rings. The number of hydrogen-bond donors (Lipinski definition) is 4. The maximum atomic E-state index is 14.2. The highest BCUT2D eigenvalue weighted by Crippen LogP contribution is 2.37. The molecule has 58 heavy (non-hydrogen) atoms. The van der Waals surface area contributed by atoms with Crippen LogP contribution in [0.1, 0.15) is 68.3 Å². The second-order valence-corrected chi connectivity index (χ2v) is 16.9. The lowest BCUT2D eigenvalue weighted by Gasteiger charge is -2.45. The molecule has 2 aromatic carbocycles. The van der Waals surface area contributed by atoms with Gasteiger partial charge in [-0.3, -0.25) is 14.5 Å². The van der Waals surface area contributed by atoms with Crippen molar-refractivity contribution in [2.75, 3.05) is 49.5 Å². The quantitative estimate of drug-likeness (QED) is 0.127. The summed E-state index contributed by atoms with van der Waals surface area (Å²) >= 11 is 1.60. The number of hydrogen-bond acceptors (Lipinski definition) is 13. The number of carbonyl (C=O) groups excluding carboxylic acids is 2. The fraction of sp³-hybridized carbons (Fsp3) is 0.442. The van der Waals surface area contributed by atoms with Gasteiger partial charge in [-0.05, 0) is 68.5 Å². The van der Waals surface area contributed by atoms with Gasteiger partial charge in [0.15, 0.2) is 5.82 Å². The molecule has 14 nitrogen and oxygen atoms in total.